The average Bonchev–Trinajstić information content (AvgIpc) is 3.32. The van der Waals surface area contributed by atoms with Crippen LogP contribution in [-0.2, 0) is 6.54 Å². The SMILES string of the molecule is CNCCNCCCNC(=O)c1c(C2=CCCC(C#CC3=CCC(C)(NC)C=C3)=C2)c(-c2ccc(F)cc2)n(CCO)c1C. The van der Waals surface area contributed by atoms with Crippen LogP contribution in [0, 0.1) is 24.6 Å². The number of nitrogens with zero attached hydrogens (tertiary/aromatic N) is 1. The fourth-order valence-corrected chi connectivity index (χ4v) is 5.56. The molecule has 2 aliphatic rings. The zero-order valence-corrected chi connectivity index (χ0v) is 26.4. The Labute approximate surface area is 261 Å². The van der Waals surface area contributed by atoms with E-state index in [1.165, 1.54) is 12.1 Å². The summed E-state index contributed by atoms with van der Waals surface area (Å²) in [7, 11) is 3.88. The van der Waals surface area contributed by atoms with Crippen molar-refractivity contribution in [2.75, 3.05) is 46.9 Å². The smallest absolute Gasteiger partial charge is 0.253 e. The molecule has 8 heteroatoms. The lowest BCUT2D eigenvalue weighted by atomic mass is 9.89. The molecule has 0 bridgehead atoms. The van der Waals surface area contributed by atoms with E-state index in [1.54, 1.807) is 12.1 Å². The number of halogens is 1. The van der Waals surface area contributed by atoms with Crippen molar-refractivity contribution in [1.29, 1.82) is 0 Å². The zero-order valence-electron chi connectivity index (χ0n) is 26.4. The molecule has 1 aromatic carbocycles. The second kappa shape index (κ2) is 15.8. The second-order valence-corrected chi connectivity index (χ2v) is 11.5. The van der Waals surface area contributed by atoms with Crippen molar-refractivity contribution in [2.24, 2.45) is 0 Å². The Balaban J connectivity index is 1.70. The van der Waals surface area contributed by atoms with Crippen LogP contribution < -0.4 is 21.3 Å². The fraction of sp³-hybridized carbons (Fsp3) is 0.417. The van der Waals surface area contributed by atoms with Crippen molar-refractivity contribution in [1.82, 2.24) is 25.8 Å². The summed E-state index contributed by atoms with van der Waals surface area (Å²) in [5, 5.41) is 22.9. The number of aromatic nitrogens is 1. The number of benzene rings is 1. The van der Waals surface area contributed by atoms with Gasteiger partial charge in [-0.05, 0) is 108 Å². The van der Waals surface area contributed by atoms with E-state index in [0.717, 1.165) is 84.6 Å². The van der Waals surface area contributed by atoms with Crippen LogP contribution in [0.3, 0.4) is 0 Å². The maximum atomic E-state index is 14.0. The predicted molar refractivity (Wildman–Crippen MR) is 178 cm³/mol. The van der Waals surface area contributed by atoms with Crippen molar-refractivity contribution >= 4 is 11.5 Å². The first kappa shape index (κ1) is 33.2. The summed E-state index contributed by atoms with van der Waals surface area (Å²) in [5.74, 6) is 6.23. The summed E-state index contributed by atoms with van der Waals surface area (Å²) in [4.78, 5) is 13.8. The molecule has 0 radical (unpaired) electrons. The normalized spacial score (nSPS) is 17.8. The highest BCUT2D eigenvalue weighted by Gasteiger charge is 2.28. The molecule has 0 spiro atoms. The van der Waals surface area contributed by atoms with Crippen molar-refractivity contribution in [2.45, 2.75) is 51.6 Å². The number of rotatable bonds is 13. The molecular weight excluding hydrogens is 553 g/mol. The van der Waals surface area contributed by atoms with Crippen LogP contribution >= 0.6 is 0 Å². The maximum absolute atomic E-state index is 14.0. The van der Waals surface area contributed by atoms with Gasteiger partial charge in [0.2, 0.25) is 0 Å². The van der Waals surface area contributed by atoms with Gasteiger partial charge in [0.25, 0.3) is 5.91 Å². The first-order valence-electron chi connectivity index (χ1n) is 15.5. The van der Waals surface area contributed by atoms with Gasteiger partial charge in [-0.15, -0.1) is 0 Å². The maximum Gasteiger partial charge on any atom is 0.253 e. The molecule has 7 nitrogen and oxygen atoms in total. The summed E-state index contributed by atoms with van der Waals surface area (Å²) >= 11 is 0. The number of hydrogen-bond acceptors (Lipinski definition) is 5. The number of nitrogens with one attached hydrogen (secondary N) is 4. The lowest BCUT2D eigenvalue weighted by Crippen LogP contribution is -2.37. The Kier molecular flexibility index (Phi) is 11.9. The topological polar surface area (TPSA) is 90.4 Å². The third kappa shape index (κ3) is 8.25. The van der Waals surface area contributed by atoms with E-state index in [-0.39, 0.29) is 23.9 Å². The Morgan fingerprint density at radius 2 is 1.89 bits per heavy atom. The van der Waals surface area contributed by atoms with E-state index in [4.69, 9.17) is 0 Å². The summed E-state index contributed by atoms with van der Waals surface area (Å²) < 4.78 is 15.9. The van der Waals surface area contributed by atoms with Crippen molar-refractivity contribution in [3.8, 4) is 23.1 Å². The van der Waals surface area contributed by atoms with Gasteiger partial charge in [0, 0.05) is 54.1 Å². The van der Waals surface area contributed by atoms with Crippen LogP contribution in [-0.4, -0.2) is 68.0 Å². The second-order valence-electron chi connectivity index (χ2n) is 11.5. The molecule has 2 aliphatic carbocycles. The fourth-order valence-electron chi connectivity index (χ4n) is 5.56. The molecule has 1 unspecified atom stereocenters. The van der Waals surface area contributed by atoms with Crippen LogP contribution in [0.25, 0.3) is 16.8 Å². The number of allylic oxidation sites excluding steroid dienone is 6. The van der Waals surface area contributed by atoms with Crippen molar-refractivity contribution < 1.29 is 14.3 Å². The van der Waals surface area contributed by atoms with Crippen LogP contribution in [0.15, 0.2) is 65.8 Å². The molecule has 1 heterocycles. The molecule has 1 amide bonds. The first-order chi connectivity index (χ1) is 21.3. The van der Waals surface area contributed by atoms with Crippen LogP contribution in [0.5, 0.6) is 0 Å². The van der Waals surface area contributed by atoms with Gasteiger partial charge in [-0.1, -0.05) is 30.1 Å². The first-order valence-corrected chi connectivity index (χ1v) is 15.5. The van der Waals surface area contributed by atoms with Gasteiger partial charge in [0.05, 0.1) is 17.9 Å². The average molecular weight is 600 g/mol. The van der Waals surface area contributed by atoms with E-state index in [1.807, 2.05) is 25.6 Å². The van der Waals surface area contributed by atoms with Gasteiger partial charge < -0.3 is 30.9 Å². The molecular formula is C36H46FN5O2. The zero-order chi connectivity index (χ0) is 31.5. The van der Waals surface area contributed by atoms with Gasteiger partial charge in [0.15, 0.2) is 0 Å². The van der Waals surface area contributed by atoms with Crippen LogP contribution in [0.2, 0.25) is 0 Å². The quantitative estimate of drug-likeness (QED) is 0.173. The lowest BCUT2D eigenvalue weighted by Gasteiger charge is -2.26. The predicted octanol–water partition coefficient (Wildman–Crippen LogP) is 4.50. The number of hydrogen-bond donors (Lipinski definition) is 5. The van der Waals surface area contributed by atoms with Crippen molar-refractivity contribution in [3.05, 3.63) is 88.4 Å². The molecule has 0 aliphatic heterocycles. The van der Waals surface area contributed by atoms with E-state index >= 15 is 0 Å². The summed E-state index contributed by atoms with van der Waals surface area (Å²) in [5.41, 5.74) is 6.53. The van der Waals surface area contributed by atoms with Gasteiger partial charge in [-0.25, -0.2) is 4.39 Å². The number of aliphatic hydroxyl groups is 1. The Bertz CT molecular complexity index is 1500. The number of carbonyl (C=O) groups excluding carboxylic acids is 1. The minimum absolute atomic E-state index is 0.0540. The number of aliphatic hydroxyl groups excluding tert-OH is 1. The third-order valence-electron chi connectivity index (χ3n) is 8.27. The van der Waals surface area contributed by atoms with Gasteiger partial charge >= 0.3 is 0 Å². The molecule has 234 valence electrons. The van der Waals surface area contributed by atoms with E-state index in [9.17, 15) is 14.3 Å². The molecule has 4 rings (SSSR count). The largest absolute Gasteiger partial charge is 0.395 e. The van der Waals surface area contributed by atoms with Gasteiger partial charge in [-0.2, -0.15) is 0 Å². The monoisotopic (exact) mass is 599 g/mol. The highest BCUT2D eigenvalue weighted by Crippen LogP contribution is 2.39. The molecule has 44 heavy (non-hydrogen) atoms. The highest BCUT2D eigenvalue weighted by molar-refractivity contribution is 6.05. The highest BCUT2D eigenvalue weighted by atomic mass is 19.1. The molecule has 2 aromatic rings. The number of carbonyl (C=O) groups is 1. The van der Waals surface area contributed by atoms with Crippen molar-refractivity contribution in [3.63, 3.8) is 0 Å². The molecule has 0 saturated carbocycles. The Morgan fingerprint density at radius 1 is 1.09 bits per heavy atom. The third-order valence-corrected chi connectivity index (χ3v) is 8.27. The number of likely N-dealkylation sites (N-methyl/N-ethyl adjacent to an activating group) is 2. The summed E-state index contributed by atoms with van der Waals surface area (Å²) in [6, 6.07) is 6.32. The number of amides is 1. The van der Waals surface area contributed by atoms with Crippen LogP contribution in [0.1, 0.15) is 54.2 Å². The molecule has 1 atom stereocenters. The summed E-state index contributed by atoms with van der Waals surface area (Å²) in [6.45, 7) is 7.37. The van der Waals surface area contributed by atoms with E-state index in [0.29, 0.717) is 18.7 Å². The van der Waals surface area contributed by atoms with E-state index < -0.39 is 0 Å². The summed E-state index contributed by atoms with van der Waals surface area (Å²) in [6.07, 6.45) is 13.9. The standard InChI is InChI=1S/C36H46FN5O2/c1-26-32(35(44)41-20-6-19-40-22-21-38-3)33(34(42(26)23-24-43)29-11-13-31(37)14-12-29)30-8-5-7-28(25-30)10-9-27-15-17-36(2,39-4)18-16-27/h8,11-17,25,38-40,43H,5-7,18-24H2,1-4H3,(H,41,44). The van der Waals surface area contributed by atoms with E-state index in [2.05, 4.69) is 70.4 Å². The molecule has 0 fully saturated rings. The minimum atomic E-state index is -0.330. The minimum Gasteiger partial charge on any atom is -0.395 e. The van der Waals surface area contributed by atoms with Gasteiger partial charge in [-0.3, -0.25) is 4.79 Å². The van der Waals surface area contributed by atoms with Crippen LogP contribution in [0.4, 0.5) is 4.39 Å². The molecule has 0 saturated heterocycles. The molecule has 5 N–H and O–H groups in total. The van der Waals surface area contributed by atoms with Gasteiger partial charge in [0.1, 0.15) is 5.82 Å². The molecule has 1 aromatic heterocycles. The Hall–Kier alpha value is -3.74. The lowest BCUT2D eigenvalue weighted by molar-refractivity contribution is 0.0952. The Morgan fingerprint density at radius 3 is 2.57 bits per heavy atom.